The quantitative estimate of drug-likeness (QED) is 0.597. The van der Waals surface area contributed by atoms with Crippen LogP contribution in [0.15, 0.2) is 36.4 Å². The van der Waals surface area contributed by atoms with E-state index in [4.69, 9.17) is 28.3 Å². The van der Waals surface area contributed by atoms with E-state index in [0.29, 0.717) is 29.7 Å². The average Bonchev–Trinajstić information content (AvgIpc) is 2.80. The number of rotatable bonds is 6. The minimum Gasteiger partial charge on any atom is -0.395 e. The van der Waals surface area contributed by atoms with E-state index >= 15 is 0 Å². The molecular weight excluding hydrogens is 335 g/mol. The number of aromatic nitrogens is 1. The second-order valence-corrected chi connectivity index (χ2v) is 6.39. The third kappa shape index (κ3) is 3.47. The number of halogens is 2. The van der Waals surface area contributed by atoms with Crippen molar-refractivity contribution in [2.75, 3.05) is 19.7 Å². The lowest BCUT2D eigenvalue weighted by Gasteiger charge is -2.14. The van der Waals surface area contributed by atoms with Gasteiger partial charge in [0, 0.05) is 44.9 Å². The van der Waals surface area contributed by atoms with Gasteiger partial charge in [-0.1, -0.05) is 23.2 Å². The molecule has 0 radical (unpaired) electrons. The van der Waals surface area contributed by atoms with E-state index in [1.54, 1.807) is 0 Å². The zero-order chi connectivity index (χ0) is 16.4. The minimum absolute atomic E-state index is 0.0547. The van der Waals surface area contributed by atoms with Crippen molar-refractivity contribution in [3.63, 3.8) is 0 Å². The summed E-state index contributed by atoms with van der Waals surface area (Å²) in [5, 5.41) is 25.4. The Balaban J connectivity index is 2.03. The molecule has 23 heavy (non-hydrogen) atoms. The number of hydrogen-bond acceptors (Lipinski definition) is 3. The van der Waals surface area contributed by atoms with Crippen molar-refractivity contribution in [2.45, 2.75) is 12.6 Å². The molecule has 0 amide bonds. The highest BCUT2D eigenvalue weighted by molar-refractivity contribution is 6.33. The number of hydrogen-bond donors (Lipinski definition) is 3. The van der Waals surface area contributed by atoms with Crippen LogP contribution in [0.2, 0.25) is 10.0 Å². The van der Waals surface area contributed by atoms with Crippen LogP contribution in [0.5, 0.6) is 0 Å². The first-order valence-electron chi connectivity index (χ1n) is 7.47. The topological polar surface area (TPSA) is 57.4 Å². The average molecular weight is 353 g/mol. The number of benzene rings is 2. The molecule has 3 N–H and O–H groups in total. The maximum absolute atomic E-state index is 10.3. The van der Waals surface area contributed by atoms with Gasteiger partial charge in [0.2, 0.25) is 0 Å². The molecule has 3 aromatic rings. The van der Waals surface area contributed by atoms with Gasteiger partial charge in [-0.3, -0.25) is 0 Å². The Labute approximate surface area is 144 Å². The second-order valence-electron chi connectivity index (χ2n) is 5.52. The summed E-state index contributed by atoms with van der Waals surface area (Å²) in [6.07, 6.45) is -0.563. The van der Waals surface area contributed by atoms with Crippen LogP contribution >= 0.6 is 23.2 Å². The maximum atomic E-state index is 10.3. The summed E-state index contributed by atoms with van der Waals surface area (Å²) in [6.45, 7) is 1.39. The number of fused-ring (bicyclic) bond motifs is 3. The van der Waals surface area contributed by atoms with E-state index in [2.05, 4.69) is 9.88 Å². The Morgan fingerprint density at radius 3 is 2.09 bits per heavy atom. The van der Waals surface area contributed by atoms with Gasteiger partial charge >= 0.3 is 0 Å². The van der Waals surface area contributed by atoms with Gasteiger partial charge in [-0.2, -0.15) is 0 Å². The first-order valence-corrected chi connectivity index (χ1v) is 8.22. The molecule has 0 aliphatic carbocycles. The molecular formula is C17H18Cl2N2O2. The highest BCUT2D eigenvalue weighted by Gasteiger charge is 2.14. The van der Waals surface area contributed by atoms with Crippen molar-refractivity contribution in [2.24, 2.45) is 0 Å². The fraction of sp³-hybridized carbons (Fsp3) is 0.294. The highest BCUT2D eigenvalue weighted by Crippen LogP contribution is 2.32. The Kier molecular flexibility index (Phi) is 5.09. The van der Waals surface area contributed by atoms with Crippen molar-refractivity contribution in [1.82, 2.24) is 9.88 Å². The van der Waals surface area contributed by atoms with Crippen LogP contribution in [0.1, 0.15) is 0 Å². The molecule has 4 nitrogen and oxygen atoms in total. The fourth-order valence-corrected chi connectivity index (χ4v) is 3.21. The normalized spacial score (nSPS) is 13.0. The smallest absolute Gasteiger partial charge is 0.0843 e. The van der Waals surface area contributed by atoms with Crippen LogP contribution < -0.4 is 5.32 Å². The van der Waals surface area contributed by atoms with Gasteiger partial charge in [0.05, 0.1) is 19.3 Å². The van der Waals surface area contributed by atoms with E-state index < -0.39 is 6.10 Å². The fourth-order valence-electron chi connectivity index (χ4n) is 2.87. The molecule has 3 rings (SSSR count). The van der Waals surface area contributed by atoms with Gasteiger partial charge in [-0.05, 0) is 36.4 Å². The largest absolute Gasteiger partial charge is 0.395 e. The van der Waals surface area contributed by atoms with Crippen molar-refractivity contribution in [3.05, 3.63) is 46.4 Å². The molecule has 122 valence electrons. The lowest BCUT2D eigenvalue weighted by atomic mass is 10.1. The third-order valence-corrected chi connectivity index (χ3v) is 4.32. The molecule has 0 aliphatic heterocycles. The van der Waals surface area contributed by atoms with Crippen LogP contribution in [-0.4, -0.2) is 40.6 Å². The third-order valence-electron chi connectivity index (χ3n) is 3.85. The number of nitrogens with one attached hydrogen (secondary N) is 1. The first kappa shape index (κ1) is 16.6. The standard InChI is InChI=1S/C17H18Cl2N2O2/c18-11-1-3-16-14(7-11)15-8-12(19)2-4-17(15)21(16)10-13(23)9-20-5-6-22/h1-4,7-8,13,20,22-23H,5-6,9-10H2/t13-/m1/s1. The molecule has 0 saturated heterocycles. The summed E-state index contributed by atoms with van der Waals surface area (Å²) < 4.78 is 2.07. The summed E-state index contributed by atoms with van der Waals surface area (Å²) >= 11 is 12.3. The van der Waals surface area contributed by atoms with Crippen molar-refractivity contribution >= 4 is 45.0 Å². The molecule has 0 fully saturated rings. The molecule has 0 aliphatic rings. The number of aliphatic hydroxyl groups is 2. The Hall–Kier alpha value is -1.30. The Morgan fingerprint density at radius 1 is 1.00 bits per heavy atom. The maximum Gasteiger partial charge on any atom is 0.0843 e. The molecule has 0 spiro atoms. The summed E-state index contributed by atoms with van der Waals surface area (Å²) in [4.78, 5) is 0. The molecule has 2 aromatic carbocycles. The van der Waals surface area contributed by atoms with Crippen LogP contribution in [0.4, 0.5) is 0 Å². The molecule has 1 heterocycles. The van der Waals surface area contributed by atoms with E-state index in [9.17, 15) is 5.11 Å². The molecule has 0 unspecified atom stereocenters. The summed E-state index contributed by atoms with van der Waals surface area (Å²) in [6, 6.07) is 11.4. The highest BCUT2D eigenvalue weighted by atomic mass is 35.5. The first-order chi connectivity index (χ1) is 11.1. The van der Waals surface area contributed by atoms with Crippen LogP contribution in [0.25, 0.3) is 21.8 Å². The van der Waals surface area contributed by atoms with Crippen LogP contribution in [0, 0.1) is 0 Å². The van der Waals surface area contributed by atoms with Gasteiger partial charge in [-0.25, -0.2) is 0 Å². The van der Waals surface area contributed by atoms with E-state index in [0.717, 1.165) is 21.8 Å². The van der Waals surface area contributed by atoms with Crippen molar-refractivity contribution in [3.8, 4) is 0 Å². The second kappa shape index (κ2) is 7.07. The predicted octanol–water partition coefficient (Wildman–Crippen LogP) is 3.04. The van der Waals surface area contributed by atoms with E-state index in [1.807, 2.05) is 36.4 Å². The zero-order valence-electron chi connectivity index (χ0n) is 12.5. The predicted molar refractivity (Wildman–Crippen MR) is 95.4 cm³/mol. The Morgan fingerprint density at radius 2 is 1.57 bits per heavy atom. The van der Waals surface area contributed by atoms with Gasteiger partial charge in [0.25, 0.3) is 0 Å². The van der Waals surface area contributed by atoms with Crippen molar-refractivity contribution < 1.29 is 10.2 Å². The SMILES string of the molecule is OCCNC[C@@H](O)Cn1c2ccc(Cl)cc2c2cc(Cl)ccc21. The van der Waals surface area contributed by atoms with Crippen LogP contribution in [0.3, 0.4) is 0 Å². The van der Waals surface area contributed by atoms with Gasteiger partial charge in [0.1, 0.15) is 0 Å². The Bertz CT molecular complexity index is 773. The molecule has 1 atom stereocenters. The summed E-state index contributed by atoms with van der Waals surface area (Å²) in [5.74, 6) is 0. The molecule has 0 bridgehead atoms. The van der Waals surface area contributed by atoms with Crippen LogP contribution in [-0.2, 0) is 6.54 Å². The summed E-state index contributed by atoms with van der Waals surface area (Å²) in [5.41, 5.74) is 2.01. The summed E-state index contributed by atoms with van der Waals surface area (Å²) in [7, 11) is 0. The monoisotopic (exact) mass is 352 g/mol. The van der Waals surface area contributed by atoms with E-state index in [-0.39, 0.29) is 6.61 Å². The molecule has 0 saturated carbocycles. The number of aliphatic hydroxyl groups excluding tert-OH is 2. The van der Waals surface area contributed by atoms with E-state index in [1.165, 1.54) is 0 Å². The molecule has 6 heteroatoms. The molecule has 1 aromatic heterocycles. The van der Waals surface area contributed by atoms with Crippen molar-refractivity contribution in [1.29, 1.82) is 0 Å². The lowest BCUT2D eigenvalue weighted by molar-refractivity contribution is 0.151. The minimum atomic E-state index is -0.563. The lowest BCUT2D eigenvalue weighted by Crippen LogP contribution is -2.31. The van der Waals surface area contributed by atoms with Gasteiger partial charge < -0.3 is 20.1 Å². The number of nitrogens with zero attached hydrogens (tertiary/aromatic N) is 1. The van der Waals surface area contributed by atoms with Gasteiger partial charge in [0.15, 0.2) is 0 Å². The zero-order valence-corrected chi connectivity index (χ0v) is 14.0. The van der Waals surface area contributed by atoms with Gasteiger partial charge in [-0.15, -0.1) is 0 Å².